The first-order valence-electron chi connectivity index (χ1n) is 9.19. The van der Waals surface area contributed by atoms with Gasteiger partial charge in [-0.05, 0) is 43.8 Å². The summed E-state index contributed by atoms with van der Waals surface area (Å²) in [5, 5.41) is 2.96. The fourth-order valence-corrected chi connectivity index (χ4v) is 4.40. The zero-order chi connectivity index (χ0) is 23.5. The second-order valence-corrected chi connectivity index (χ2v) is 8.95. The first kappa shape index (κ1) is 24.0. The molecule has 3 aromatic rings. The number of rotatable bonds is 8. The van der Waals surface area contributed by atoms with Crippen LogP contribution in [0.1, 0.15) is 18.5 Å². The van der Waals surface area contributed by atoms with Gasteiger partial charge >= 0.3 is 0 Å². The number of hydrogen-bond donors (Lipinski definition) is 2. The molecule has 0 radical (unpaired) electrons. The van der Waals surface area contributed by atoms with E-state index in [9.17, 15) is 12.8 Å². The van der Waals surface area contributed by atoms with E-state index in [1.165, 1.54) is 25.3 Å². The second kappa shape index (κ2) is 9.86. The van der Waals surface area contributed by atoms with Crippen molar-refractivity contribution in [2.24, 2.45) is 0 Å². The molecule has 0 aliphatic heterocycles. The molecule has 0 aliphatic rings. The highest BCUT2D eigenvalue weighted by atomic mass is 35.5. The van der Waals surface area contributed by atoms with Crippen LogP contribution in [-0.4, -0.2) is 32.5 Å². The predicted octanol–water partition coefficient (Wildman–Crippen LogP) is 4.80. The number of halogens is 3. The molecule has 170 valence electrons. The van der Waals surface area contributed by atoms with Gasteiger partial charge in [0.2, 0.25) is 5.82 Å². The summed E-state index contributed by atoms with van der Waals surface area (Å²) in [5.41, 5.74) is 1.01. The summed E-state index contributed by atoms with van der Waals surface area (Å²) in [6.07, 6.45) is 0. The average molecular weight is 501 g/mol. The number of ether oxygens (including phenoxy) is 2. The van der Waals surface area contributed by atoms with Crippen LogP contribution in [0.4, 0.5) is 10.2 Å². The van der Waals surface area contributed by atoms with Crippen molar-refractivity contribution in [2.75, 3.05) is 18.9 Å². The molecular weight excluding hydrogens is 482 g/mol. The topological polar surface area (TPSA) is 102 Å². The van der Waals surface area contributed by atoms with E-state index < -0.39 is 27.7 Å². The number of benzene rings is 2. The molecule has 8 nitrogen and oxygen atoms in total. The number of hydrogen-bond acceptors (Lipinski definition) is 7. The Kier molecular flexibility index (Phi) is 7.40. The van der Waals surface area contributed by atoms with E-state index in [4.69, 9.17) is 32.7 Å². The van der Waals surface area contributed by atoms with Crippen molar-refractivity contribution in [3.8, 4) is 17.5 Å². The maximum atomic E-state index is 14.6. The fraction of sp³-hybridized carbons (Fsp3) is 0.200. The monoisotopic (exact) mass is 500 g/mol. The highest BCUT2D eigenvalue weighted by molar-refractivity contribution is 7.92. The van der Waals surface area contributed by atoms with Crippen molar-refractivity contribution in [3.63, 3.8) is 0 Å². The number of methoxy groups -OCH3 is 1. The van der Waals surface area contributed by atoms with Gasteiger partial charge in [-0.25, -0.2) is 8.42 Å². The van der Waals surface area contributed by atoms with E-state index in [0.29, 0.717) is 5.75 Å². The van der Waals surface area contributed by atoms with Crippen LogP contribution in [0, 0.1) is 5.95 Å². The lowest BCUT2D eigenvalue weighted by molar-refractivity contribution is 0.364. The van der Waals surface area contributed by atoms with Crippen LogP contribution >= 0.6 is 23.2 Å². The van der Waals surface area contributed by atoms with Gasteiger partial charge in [-0.2, -0.15) is 14.4 Å². The Hall–Kier alpha value is -2.66. The quantitative estimate of drug-likeness (QED) is 0.457. The minimum atomic E-state index is -4.27. The molecule has 3 rings (SSSR count). The Labute approximate surface area is 194 Å². The van der Waals surface area contributed by atoms with Crippen LogP contribution in [-0.2, 0) is 10.0 Å². The highest BCUT2D eigenvalue weighted by Gasteiger charge is 2.24. The van der Waals surface area contributed by atoms with Gasteiger partial charge in [0, 0.05) is 6.04 Å². The minimum Gasteiger partial charge on any atom is -0.478 e. The zero-order valence-electron chi connectivity index (χ0n) is 17.2. The molecular formula is C20H19Cl2FN4O4S. The van der Waals surface area contributed by atoms with Crippen molar-refractivity contribution in [3.05, 3.63) is 64.0 Å². The lowest BCUT2D eigenvalue weighted by Gasteiger charge is -2.14. The molecule has 2 N–H and O–H groups in total. The standard InChI is InChI=1S/C20H19Cl2FN4O4S/c1-11(24-2)12-7-9-13(10-8-12)31-19-17(23)25-18(20(26-19)30-3)27-32(28,29)15-6-4-5-14(21)16(15)22/h4-11,24H,1-3H3,(H,25,27)/t11-/m1/s1. The maximum Gasteiger partial charge on any atom is 0.279 e. The molecule has 2 aromatic carbocycles. The Morgan fingerprint density at radius 2 is 1.75 bits per heavy atom. The van der Waals surface area contributed by atoms with E-state index in [-0.39, 0.29) is 26.9 Å². The van der Waals surface area contributed by atoms with E-state index in [1.807, 2.05) is 26.1 Å². The van der Waals surface area contributed by atoms with Crippen LogP contribution in [0.2, 0.25) is 10.0 Å². The van der Waals surface area contributed by atoms with Crippen LogP contribution in [0.15, 0.2) is 47.4 Å². The van der Waals surface area contributed by atoms with E-state index in [0.717, 1.165) is 5.56 Å². The number of nitrogens with zero attached hydrogens (tertiary/aromatic N) is 2. The molecule has 12 heteroatoms. The number of aromatic nitrogens is 2. The summed E-state index contributed by atoms with van der Waals surface area (Å²) in [6, 6.07) is 11.1. The first-order chi connectivity index (χ1) is 15.2. The second-order valence-electron chi connectivity index (χ2n) is 6.52. The summed E-state index contributed by atoms with van der Waals surface area (Å²) >= 11 is 11.9. The molecule has 0 fully saturated rings. The molecule has 1 atom stereocenters. The van der Waals surface area contributed by atoms with Crippen molar-refractivity contribution < 1.29 is 22.3 Å². The van der Waals surface area contributed by atoms with Crippen molar-refractivity contribution >= 4 is 39.0 Å². The molecule has 32 heavy (non-hydrogen) atoms. The van der Waals surface area contributed by atoms with Crippen molar-refractivity contribution in [2.45, 2.75) is 17.9 Å². The molecule has 0 bridgehead atoms. The Bertz CT molecular complexity index is 1230. The van der Waals surface area contributed by atoms with Crippen LogP contribution in [0.25, 0.3) is 0 Å². The molecule has 1 aromatic heterocycles. The van der Waals surface area contributed by atoms with Crippen LogP contribution in [0.3, 0.4) is 0 Å². The van der Waals surface area contributed by atoms with Gasteiger partial charge in [-0.15, -0.1) is 0 Å². The molecule has 0 spiro atoms. The lowest BCUT2D eigenvalue weighted by atomic mass is 10.1. The normalized spacial score (nSPS) is 12.3. The molecule has 0 aliphatic carbocycles. The third kappa shape index (κ3) is 5.21. The summed E-state index contributed by atoms with van der Waals surface area (Å²) in [4.78, 5) is 7.19. The third-order valence-corrected chi connectivity index (χ3v) is 6.76. The Morgan fingerprint density at radius 1 is 1.06 bits per heavy atom. The van der Waals surface area contributed by atoms with Crippen LogP contribution < -0.4 is 19.5 Å². The van der Waals surface area contributed by atoms with Gasteiger partial charge in [0.1, 0.15) is 10.6 Å². The van der Waals surface area contributed by atoms with Gasteiger partial charge in [0.25, 0.3) is 27.7 Å². The first-order valence-corrected chi connectivity index (χ1v) is 11.4. The molecule has 1 heterocycles. The number of sulfonamides is 1. The van der Waals surface area contributed by atoms with Gasteiger partial charge < -0.3 is 14.8 Å². The van der Waals surface area contributed by atoms with Gasteiger partial charge in [-0.1, -0.05) is 41.4 Å². The number of anilines is 1. The minimum absolute atomic E-state index is 0.0395. The summed E-state index contributed by atoms with van der Waals surface area (Å²) in [5.74, 6) is -2.10. The Morgan fingerprint density at radius 3 is 2.38 bits per heavy atom. The predicted molar refractivity (Wildman–Crippen MR) is 120 cm³/mol. The lowest BCUT2D eigenvalue weighted by Crippen LogP contribution is -2.16. The van der Waals surface area contributed by atoms with Crippen LogP contribution in [0.5, 0.6) is 17.5 Å². The van der Waals surface area contributed by atoms with Gasteiger partial charge in [0.15, 0.2) is 0 Å². The summed E-state index contributed by atoms with van der Waals surface area (Å²) in [6.45, 7) is 1.99. The highest BCUT2D eigenvalue weighted by Crippen LogP contribution is 2.33. The van der Waals surface area contributed by atoms with Crippen molar-refractivity contribution in [1.82, 2.24) is 15.3 Å². The van der Waals surface area contributed by atoms with E-state index in [2.05, 4.69) is 20.0 Å². The Balaban J connectivity index is 1.89. The largest absolute Gasteiger partial charge is 0.478 e. The zero-order valence-corrected chi connectivity index (χ0v) is 19.5. The third-order valence-electron chi connectivity index (χ3n) is 4.45. The number of nitrogens with one attached hydrogen (secondary N) is 2. The summed E-state index contributed by atoms with van der Waals surface area (Å²) < 4.78 is 52.6. The smallest absolute Gasteiger partial charge is 0.279 e. The molecule has 0 unspecified atom stereocenters. The van der Waals surface area contributed by atoms with E-state index in [1.54, 1.807) is 12.1 Å². The maximum absolute atomic E-state index is 14.6. The average Bonchev–Trinajstić information content (AvgIpc) is 2.77. The summed E-state index contributed by atoms with van der Waals surface area (Å²) in [7, 11) is -1.20. The molecule has 0 amide bonds. The van der Waals surface area contributed by atoms with Gasteiger partial charge in [-0.3, -0.25) is 4.72 Å². The fourth-order valence-electron chi connectivity index (χ4n) is 2.64. The van der Waals surface area contributed by atoms with Crippen molar-refractivity contribution in [1.29, 1.82) is 0 Å². The molecule has 0 saturated heterocycles. The SMILES string of the molecule is CN[C@H](C)c1ccc(Oc2nc(OC)c(NS(=O)(=O)c3cccc(Cl)c3Cl)nc2F)cc1. The van der Waals surface area contributed by atoms with Gasteiger partial charge in [0.05, 0.1) is 17.2 Å². The molecule has 0 saturated carbocycles. The van der Waals surface area contributed by atoms with E-state index >= 15 is 0 Å².